The predicted octanol–water partition coefficient (Wildman–Crippen LogP) is 1.17. The molecule has 19 heavy (non-hydrogen) atoms. The Hall–Kier alpha value is -1.66. The van der Waals surface area contributed by atoms with Crippen LogP contribution in [-0.4, -0.2) is 37.3 Å². The van der Waals surface area contributed by atoms with Gasteiger partial charge in [0.1, 0.15) is 6.61 Å². The zero-order valence-electron chi connectivity index (χ0n) is 11.4. The summed E-state index contributed by atoms with van der Waals surface area (Å²) in [5, 5.41) is 2.75. The van der Waals surface area contributed by atoms with Crippen LogP contribution >= 0.6 is 0 Å². The van der Waals surface area contributed by atoms with E-state index in [2.05, 4.69) is 10.3 Å². The molecule has 1 amide bonds. The van der Waals surface area contributed by atoms with Crippen LogP contribution in [-0.2, 0) is 9.53 Å². The molecule has 3 N–H and O–H groups in total. The summed E-state index contributed by atoms with van der Waals surface area (Å²) >= 11 is 0. The average Bonchev–Trinajstić information content (AvgIpc) is 2.39. The number of aromatic nitrogens is 1. The molecule has 0 aliphatic heterocycles. The summed E-state index contributed by atoms with van der Waals surface area (Å²) < 4.78 is 10.2. The normalized spacial score (nSPS) is 11.9. The van der Waals surface area contributed by atoms with E-state index >= 15 is 0 Å². The molecular weight excluding hydrogens is 246 g/mol. The van der Waals surface area contributed by atoms with Gasteiger partial charge in [-0.3, -0.25) is 4.79 Å². The topological polar surface area (TPSA) is 86.5 Å². The Bertz CT molecular complexity index is 379. The standard InChI is InChI=1S/C13H21N3O3/c1-10(14)3-5-12(17)16-11-4-6-13(15-9-11)19-8-7-18-2/h4,6,9-10H,3,5,7-8,14H2,1-2H3,(H,16,17). The summed E-state index contributed by atoms with van der Waals surface area (Å²) in [6.07, 6.45) is 2.63. The maximum atomic E-state index is 11.6. The number of ether oxygens (including phenoxy) is 2. The Morgan fingerprint density at radius 3 is 2.84 bits per heavy atom. The van der Waals surface area contributed by atoms with Crippen molar-refractivity contribution in [3.63, 3.8) is 0 Å². The van der Waals surface area contributed by atoms with Crippen LogP contribution in [0, 0.1) is 0 Å². The molecule has 1 heterocycles. The fraction of sp³-hybridized carbons (Fsp3) is 0.538. The van der Waals surface area contributed by atoms with E-state index in [9.17, 15) is 4.79 Å². The van der Waals surface area contributed by atoms with Gasteiger partial charge in [-0.05, 0) is 19.4 Å². The van der Waals surface area contributed by atoms with Crippen LogP contribution in [0.15, 0.2) is 18.3 Å². The molecule has 0 aliphatic carbocycles. The smallest absolute Gasteiger partial charge is 0.224 e. The quantitative estimate of drug-likeness (QED) is 0.690. The van der Waals surface area contributed by atoms with Gasteiger partial charge in [-0.1, -0.05) is 0 Å². The Morgan fingerprint density at radius 2 is 2.26 bits per heavy atom. The molecule has 1 aromatic rings. The Labute approximate surface area is 113 Å². The second-order valence-corrected chi connectivity index (χ2v) is 4.29. The zero-order valence-corrected chi connectivity index (χ0v) is 11.4. The maximum absolute atomic E-state index is 11.6. The molecule has 1 atom stereocenters. The van der Waals surface area contributed by atoms with Gasteiger partial charge in [0.05, 0.1) is 18.5 Å². The summed E-state index contributed by atoms with van der Waals surface area (Å²) in [4.78, 5) is 15.7. The first kappa shape index (κ1) is 15.4. The number of nitrogens with one attached hydrogen (secondary N) is 1. The van der Waals surface area contributed by atoms with Crippen LogP contribution < -0.4 is 15.8 Å². The van der Waals surface area contributed by atoms with Crippen LogP contribution in [0.2, 0.25) is 0 Å². The highest BCUT2D eigenvalue weighted by atomic mass is 16.5. The summed E-state index contributed by atoms with van der Waals surface area (Å²) in [7, 11) is 1.61. The first-order valence-electron chi connectivity index (χ1n) is 6.25. The van der Waals surface area contributed by atoms with E-state index < -0.39 is 0 Å². The van der Waals surface area contributed by atoms with Gasteiger partial charge in [0.2, 0.25) is 11.8 Å². The molecule has 0 saturated heterocycles. The van der Waals surface area contributed by atoms with Crippen molar-refractivity contribution in [1.29, 1.82) is 0 Å². The van der Waals surface area contributed by atoms with Crippen molar-refractivity contribution in [2.75, 3.05) is 25.6 Å². The Morgan fingerprint density at radius 1 is 1.47 bits per heavy atom. The van der Waals surface area contributed by atoms with Gasteiger partial charge in [0.15, 0.2) is 0 Å². The maximum Gasteiger partial charge on any atom is 0.224 e. The molecule has 0 fully saturated rings. The van der Waals surface area contributed by atoms with Gasteiger partial charge >= 0.3 is 0 Å². The number of amides is 1. The van der Waals surface area contributed by atoms with Gasteiger partial charge in [-0.25, -0.2) is 4.98 Å². The molecule has 106 valence electrons. The first-order chi connectivity index (χ1) is 9.11. The molecule has 0 radical (unpaired) electrons. The number of carbonyl (C=O) groups is 1. The molecule has 1 rings (SSSR count). The van der Waals surface area contributed by atoms with Crippen molar-refractivity contribution < 1.29 is 14.3 Å². The van der Waals surface area contributed by atoms with E-state index in [0.717, 1.165) is 0 Å². The predicted molar refractivity (Wildman–Crippen MR) is 73.1 cm³/mol. The van der Waals surface area contributed by atoms with Crippen molar-refractivity contribution in [3.8, 4) is 5.88 Å². The van der Waals surface area contributed by atoms with Crippen LogP contribution in [0.5, 0.6) is 5.88 Å². The lowest BCUT2D eigenvalue weighted by molar-refractivity contribution is -0.116. The van der Waals surface area contributed by atoms with Crippen LogP contribution in [0.1, 0.15) is 19.8 Å². The summed E-state index contributed by atoms with van der Waals surface area (Å²) in [6.45, 7) is 2.84. The largest absolute Gasteiger partial charge is 0.475 e. The highest BCUT2D eigenvalue weighted by Gasteiger charge is 2.04. The summed E-state index contributed by atoms with van der Waals surface area (Å²) in [5.74, 6) is 0.442. The third-order valence-electron chi connectivity index (χ3n) is 2.38. The number of methoxy groups -OCH3 is 1. The monoisotopic (exact) mass is 267 g/mol. The lowest BCUT2D eigenvalue weighted by Crippen LogP contribution is -2.19. The van der Waals surface area contributed by atoms with Crippen LogP contribution in [0.3, 0.4) is 0 Å². The summed E-state index contributed by atoms with van der Waals surface area (Å²) in [6, 6.07) is 3.48. The minimum atomic E-state index is -0.0628. The molecule has 6 heteroatoms. The highest BCUT2D eigenvalue weighted by Crippen LogP contribution is 2.12. The molecular formula is C13H21N3O3. The van der Waals surface area contributed by atoms with Gasteiger partial charge in [-0.2, -0.15) is 0 Å². The molecule has 0 aliphatic rings. The molecule has 0 saturated carbocycles. The van der Waals surface area contributed by atoms with E-state index in [1.807, 2.05) is 6.92 Å². The number of rotatable bonds is 8. The third kappa shape index (κ3) is 6.73. The number of nitrogens with two attached hydrogens (primary N) is 1. The highest BCUT2D eigenvalue weighted by molar-refractivity contribution is 5.90. The number of hydrogen-bond donors (Lipinski definition) is 2. The average molecular weight is 267 g/mol. The van der Waals surface area contributed by atoms with Crippen LogP contribution in [0.25, 0.3) is 0 Å². The van der Waals surface area contributed by atoms with Crippen molar-refractivity contribution in [2.24, 2.45) is 5.73 Å². The third-order valence-corrected chi connectivity index (χ3v) is 2.38. The number of nitrogens with zero attached hydrogens (tertiary/aromatic N) is 1. The summed E-state index contributed by atoms with van der Waals surface area (Å²) in [5.41, 5.74) is 6.24. The van der Waals surface area contributed by atoms with E-state index in [0.29, 0.717) is 37.6 Å². The van der Waals surface area contributed by atoms with E-state index in [-0.39, 0.29) is 11.9 Å². The van der Waals surface area contributed by atoms with Gasteiger partial charge in [-0.15, -0.1) is 0 Å². The SMILES string of the molecule is COCCOc1ccc(NC(=O)CCC(C)N)cn1. The molecule has 1 unspecified atom stereocenters. The second kappa shape index (κ2) is 8.44. The van der Waals surface area contributed by atoms with E-state index in [1.54, 1.807) is 25.4 Å². The van der Waals surface area contributed by atoms with Crippen LogP contribution in [0.4, 0.5) is 5.69 Å². The van der Waals surface area contributed by atoms with Gasteiger partial charge in [0.25, 0.3) is 0 Å². The number of anilines is 1. The minimum Gasteiger partial charge on any atom is -0.475 e. The Kier molecular flexibility index (Phi) is 6.84. The molecule has 1 aromatic heterocycles. The minimum absolute atomic E-state index is 0.0282. The van der Waals surface area contributed by atoms with Crippen molar-refractivity contribution in [1.82, 2.24) is 4.98 Å². The fourth-order valence-corrected chi connectivity index (χ4v) is 1.35. The Balaban J connectivity index is 2.37. The molecule has 0 spiro atoms. The molecule has 0 bridgehead atoms. The molecule has 0 aromatic carbocycles. The lowest BCUT2D eigenvalue weighted by Gasteiger charge is -2.08. The first-order valence-corrected chi connectivity index (χ1v) is 6.25. The number of hydrogen-bond acceptors (Lipinski definition) is 5. The second-order valence-electron chi connectivity index (χ2n) is 4.29. The fourth-order valence-electron chi connectivity index (χ4n) is 1.35. The van der Waals surface area contributed by atoms with Crippen molar-refractivity contribution in [2.45, 2.75) is 25.8 Å². The lowest BCUT2D eigenvalue weighted by atomic mass is 10.2. The van der Waals surface area contributed by atoms with Crippen molar-refractivity contribution >= 4 is 11.6 Å². The zero-order chi connectivity index (χ0) is 14.1. The number of carbonyl (C=O) groups excluding carboxylic acids is 1. The van der Waals surface area contributed by atoms with E-state index in [1.165, 1.54) is 0 Å². The van der Waals surface area contributed by atoms with Gasteiger partial charge in [0, 0.05) is 25.6 Å². The number of pyridine rings is 1. The van der Waals surface area contributed by atoms with Gasteiger partial charge < -0.3 is 20.5 Å². The van der Waals surface area contributed by atoms with E-state index in [4.69, 9.17) is 15.2 Å². The molecule has 6 nitrogen and oxygen atoms in total. The van der Waals surface area contributed by atoms with Crippen molar-refractivity contribution in [3.05, 3.63) is 18.3 Å².